The molecule has 3 rings (SSSR count). The van der Waals surface area contributed by atoms with Gasteiger partial charge < -0.3 is 15.5 Å². The summed E-state index contributed by atoms with van der Waals surface area (Å²) >= 11 is 0. The molecule has 0 saturated carbocycles. The molecule has 0 aromatic heterocycles. The Morgan fingerprint density at radius 1 is 1.05 bits per heavy atom. The van der Waals surface area contributed by atoms with Gasteiger partial charge in [0.2, 0.25) is 11.8 Å². The lowest BCUT2D eigenvalue weighted by atomic mass is 10.1. The Bertz CT molecular complexity index is 535. The highest BCUT2D eigenvalue weighted by Crippen LogP contribution is 2.28. The number of nitrogens with two attached hydrogens (primary N) is 1. The Morgan fingerprint density at radius 3 is 2.24 bits per heavy atom. The van der Waals surface area contributed by atoms with Crippen molar-refractivity contribution in [2.45, 2.75) is 25.7 Å². The van der Waals surface area contributed by atoms with E-state index in [4.69, 9.17) is 5.73 Å². The molecule has 0 bridgehead atoms. The fourth-order valence-corrected chi connectivity index (χ4v) is 3.14. The lowest BCUT2D eigenvalue weighted by Crippen LogP contribution is -2.30. The second kappa shape index (κ2) is 5.76. The summed E-state index contributed by atoms with van der Waals surface area (Å²) in [6, 6.07) is 8.05. The van der Waals surface area contributed by atoms with Crippen LogP contribution in [0.4, 0.5) is 11.4 Å². The first-order chi connectivity index (χ1) is 10.1. The van der Waals surface area contributed by atoms with Gasteiger partial charge in [0.25, 0.3) is 0 Å². The van der Waals surface area contributed by atoms with Gasteiger partial charge in [0, 0.05) is 37.4 Å². The lowest BCUT2D eigenvalue weighted by molar-refractivity contribution is -0.123. The van der Waals surface area contributed by atoms with Crippen LogP contribution in [0.5, 0.6) is 0 Å². The summed E-state index contributed by atoms with van der Waals surface area (Å²) in [4.78, 5) is 27.2. The van der Waals surface area contributed by atoms with Crippen molar-refractivity contribution < 1.29 is 9.59 Å². The molecule has 0 spiro atoms. The first kappa shape index (κ1) is 13.9. The third-order valence-electron chi connectivity index (χ3n) is 4.41. The van der Waals surface area contributed by atoms with Gasteiger partial charge in [-0.3, -0.25) is 9.59 Å². The molecular weight excluding hydrogens is 266 g/mol. The number of anilines is 2. The van der Waals surface area contributed by atoms with E-state index >= 15 is 0 Å². The normalized spacial score (nSPS) is 22.7. The number of carbonyl (C=O) groups is 2. The largest absolute Gasteiger partial charge is 0.372 e. The maximum atomic E-state index is 12.0. The van der Waals surface area contributed by atoms with E-state index in [1.165, 1.54) is 24.9 Å². The van der Waals surface area contributed by atoms with E-state index in [-0.39, 0.29) is 18.2 Å². The fraction of sp³-hybridized carbons (Fsp3) is 0.500. The highest BCUT2D eigenvalue weighted by atomic mass is 16.2. The number of primary amides is 1. The number of hydrogen-bond acceptors (Lipinski definition) is 3. The summed E-state index contributed by atoms with van der Waals surface area (Å²) < 4.78 is 0. The minimum absolute atomic E-state index is 0.0236. The Morgan fingerprint density at radius 2 is 1.67 bits per heavy atom. The van der Waals surface area contributed by atoms with Gasteiger partial charge in [-0.05, 0) is 43.5 Å². The molecule has 1 atom stereocenters. The van der Waals surface area contributed by atoms with Crippen molar-refractivity contribution in [1.29, 1.82) is 0 Å². The van der Waals surface area contributed by atoms with Crippen LogP contribution in [0.3, 0.4) is 0 Å². The van der Waals surface area contributed by atoms with E-state index in [1.807, 2.05) is 12.1 Å². The molecule has 2 N–H and O–H groups in total. The zero-order chi connectivity index (χ0) is 14.8. The first-order valence-electron chi connectivity index (χ1n) is 7.60. The van der Waals surface area contributed by atoms with Crippen LogP contribution in [-0.2, 0) is 9.59 Å². The maximum Gasteiger partial charge on any atom is 0.227 e. The van der Waals surface area contributed by atoms with Gasteiger partial charge in [0.15, 0.2) is 0 Å². The molecule has 2 amide bonds. The number of hydrogen-bond donors (Lipinski definition) is 1. The Labute approximate surface area is 124 Å². The van der Waals surface area contributed by atoms with E-state index in [9.17, 15) is 9.59 Å². The van der Waals surface area contributed by atoms with Crippen LogP contribution in [0.25, 0.3) is 0 Å². The van der Waals surface area contributed by atoms with Crippen molar-refractivity contribution in [3.8, 4) is 0 Å². The van der Waals surface area contributed by atoms with Gasteiger partial charge in [0.1, 0.15) is 0 Å². The van der Waals surface area contributed by atoms with Gasteiger partial charge in [-0.2, -0.15) is 0 Å². The SMILES string of the molecule is NC(=O)[C@@H]1CC(=O)N(c2ccc(N3CCCCC3)cc2)C1. The zero-order valence-electron chi connectivity index (χ0n) is 12.1. The third-order valence-corrected chi connectivity index (χ3v) is 4.41. The molecule has 0 unspecified atom stereocenters. The van der Waals surface area contributed by atoms with Crippen LogP contribution >= 0.6 is 0 Å². The van der Waals surface area contributed by atoms with Gasteiger partial charge >= 0.3 is 0 Å². The topological polar surface area (TPSA) is 66.6 Å². The van der Waals surface area contributed by atoms with Crippen molar-refractivity contribution in [3.05, 3.63) is 24.3 Å². The van der Waals surface area contributed by atoms with Gasteiger partial charge in [-0.25, -0.2) is 0 Å². The van der Waals surface area contributed by atoms with E-state index in [2.05, 4.69) is 17.0 Å². The second-order valence-electron chi connectivity index (χ2n) is 5.87. The number of rotatable bonds is 3. The van der Waals surface area contributed by atoms with E-state index in [0.717, 1.165) is 18.8 Å². The molecule has 0 aliphatic carbocycles. The quantitative estimate of drug-likeness (QED) is 0.916. The van der Waals surface area contributed by atoms with Gasteiger partial charge in [0.05, 0.1) is 5.92 Å². The van der Waals surface area contributed by atoms with Crippen molar-refractivity contribution in [2.24, 2.45) is 11.7 Å². The van der Waals surface area contributed by atoms with E-state index in [1.54, 1.807) is 4.90 Å². The Kier molecular flexibility index (Phi) is 3.82. The third kappa shape index (κ3) is 2.86. The molecule has 2 aliphatic rings. The average Bonchev–Trinajstić information content (AvgIpc) is 2.91. The van der Waals surface area contributed by atoms with Crippen LogP contribution < -0.4 is 15.5 Å². The van der Waals surface area contributed by atoms with Crippen molar-refractivity contribution in [2.75, 3.05) is 29.4 Å². The van der Waals surface area contributed by atoms with E-state index in [0.29, 0.717) is 6.54 Å². The number of piperidine rings is 1. The van der Waals surface area contributed by atoms with Crippen LogP contribution in [0.1, 0.15) is 25.7 Å². The molecule has 2 aliphatic heterocycles. The summed E-state index contributed by atoms with van der Waals surface area (Å²) in [7, 11) is 0. The second-order valence-corrected chi connectivity index (χ2v) is 5.87. The molecule has 1 aromatic rings. The standard InChI is InChI=1S/C16H21N3O2/c17-16(21)12-10-15(20)19(11-12)14-6-4-13(5-7-14)18-8-2-1-3-9-18/h4-7,12H,1-3,8-11H2,(H2,17,21)/t12-/m1/s1. The molecule has 5 heteroatoms. The number of carbonyl (C=O) groups excluding carboxylic acids is 2. The summed E-state index contributed by atoms with van der Waals surface area (Å²) in [5, 5.41) is 0. The van der Waals surface area contributed by atoms with Crippen molar-refractivity contribution >= 4 is 23.2 Å². The molecule has 5 nitrogen and oxygen atoms in total. The molecular formula is C16H21N3O2. The van der Waals surface area contributed by atoms with Crippen molar-refractivity contribution in [3.63, 3.8) is 0 Å². The molecule has 0 radical (unpaired) electrons. The summed E-state index contributed by atoms with van der Waals surface area (Å²) in [5.74, 6) is -0.778. The van der Waals surface area contributed by atoms with Crippen LogP contribution in [0.15, 0.2) is 24.3 Å². The van der Waals surface area contributed by atoms with Gasteiger partial charge in [-0.1, -0.05) is 0 Å². The predicted molar refractivity (Wildman–Crippen MR) is 82.2 cm³/mol. The molecule has 112 valence electrons. The minimum Gasteiger partial charge on any atom is -0.372 e. The van der Waals surface area contributed by atoms with Crippen LogP contribution in [0.2, 0.25) is 0 Å². The monoisotopic (exact) mass is 287 g/mol. The highest BCUT2D eigenvalue weighted by molar-refractivity contribution is 6.00. The average molecular weight is 287 g/mol. The number of amides is 2. The molecule has 2 fully saturated rings. The number of benzene rings is 1. The Balaban J connectivity index is 1.72. The maximum absolute atomic E-state index is 12.0. The Hall–Kier alpha value is -2.04. The smallest absolute Gasteiger partial charge is 0.227 e. The van der Waals surface area contributed by atoms with Crippen molar-refractivity contribution in [1.82, 2.24) is 0 Å². The number of nitrogens with zero attached hydrogens (tertiary/aromatic N) is 2. The summed E-state index contributed by atoms with van der Waals surface area (Å²) in [6.45, 7) is 2.61. The zero-order valence-corrected chi connectivity index (χ0v) is 12.1. The fourth-order valence-electron chi connectivity index (χ4n) is 3.14. The lowest BCUT2D eigenvalue weighted by Gasteiger charge is -2.29. The van der Waals surface area contributed by atoms with Crippen LogP contribution in [-0.4, -0.2) is 31.4 Å². The first-order valence-corrected chi connectivity index (χ1v) is 7.60. The molecule has 2 saturated heterocycles. The minimum atomic E-state index is -0.393. The molecule has 2 heterocycles. The van der Waals surface area contributed by atoms with Crippen LogP contribution in [0, 0.1) is 5.92 Å². The molecule has 21 heavy (non-hydrogen) atoms. The van der Waals surface area contributed by atoms with Gasteiger partial charge in [-0.15, -0.1) is 0 Å². The summed E-state index contributed by atoms with van der Waals surface area (Å²) in [6.07, 6.45) is 4.02. The highest BCUT2D eigenvalue weighted by Gasteiger charge is 2.33. The molecule has 1 aromatic carbocycles. The summed E-state index contributed by atoms with van der Waals surface area (Å²) in [5.41, 5.74) is 7.35. The predicted octanol–water partition coefficient (Wildman–Crippen LogP) is 1.52. The van der Waals surface area contributed by atoms with E-state index < -0.39 is 5.91 Å².